The van der Waals surface area contributed by atoms with Crippen LogP contribution in [0, 0.1) is 5.92 Å². The highest BCUT2D eigenvalue weighted by Gasteiger charge is 2.22. The molecule has 1 aromatic carbocycles. The van der Waals surface area contributed by atoms with Gasteiger partial charge in [0.2, 0.25) is 5.91 Å². The molecule has 1 atom stereocenters. The summed E-state index contributed by atoms with van der Waals surface area (Å²) in [4.78, 5) is 12.2. The van der Waals surface area contributed by atoms with Crippen LogP contribution in [0.1, 0.15) is 13.3 Å². The molecule has 0 aliphatic carbocycles. The first-order valence-corrected chi connectivity index (χ1v) is 7.27. The van der Waals surface area contributed by atoms with Gasteiger partial charge in [0.15, 0.2) is 5.82 Å². The minimum absolute atomic E-state index is 0. The highest BCUT2D eigenvalue weighted by molar-refractivity contribution is 5.93. The van der Waals surface area contributed by atoms with Crippen LogP contribution in [-0.4, -0.2) is 33.8 Å². The van der Waals surface area contributed by atoms with Gasteiger partial charge in [0.1, 0.15) is 6.33 Å². The fourth-order valence-corrected chi connectivity index (χ4v) is 2.57. The molecule has 0 saturated carbocycles. The molecule has 2 heterocycles. The molecule has 1 unspecified atom stereocenters. The molecule has 0 radical (unpaired) electrons. The lowest BCUT2D eigenvalue weighted by Crippen LogP contribution is -2.24. The van der Waals surface area contributed by atoms with Crippen molar-refractivity contribution in [1.82, 2.24) is 20.1 Å². The number of hydrogen-bond acceptors (Lipinski definition) is 4. The van der Waals surface area contributed by atoms with Crippen LogP contribution in [0.3, 0.4) is 0 Å². The molecule has 0 bridgehead atoms. The van der Waals surface area contributed by atoms with E-state index in [2.05, 4.69) is 20.8 Å². The van der Waals surface area contributed by atoms with Gasteiger partial charge in [-0.1, -0.05) is 12.1 Å². The van der Waals surface area contributed by atoms with Crippen molar-refractivity contribution in [2.24, 2.45) is 5.92 Å². The summed E-state index contributed by atoms with van der Waals surface area (Å²) in [5.41, 5.74) is 1.76. The zero-order valence-corrected chi connectivity index (χ0v) is 14.5. The van der Waals surface area contributed by atoms with E-state index in [4.69, 9.17) is 0 Å². The van der Waals surface area contributed by atoms with Crippen LogP contribution < -0.4 is 10.6 Å². The molecule has 0 spiro atoms. The lowest BCUT2D eigenvalue weighted by atomic mass is 10.1. The summed E-state index contributed by atoms with van der Waals surface area (Å²) in [6.07, 6.45) is 2.61. The van der Waals surface area contributed by atoms with Gasteiger partial charge in [0.25, 0.3) is 0 Å². The first-order valence-electron chi connectivity index (χ1n) is 7.27. The molecule has 6 nitrogen and oxygen atoms in total. The number of aryl methyl sites for hydroxylation is 1. The maximum atomic E-state index is 12.2. The number of halogens is 2. The predicted molar refractivity (Wildman–Crippen MR) is 95.2 cm³/mol. The standard InChI is InChI=1S/C15H19N5O.2ClH/c1-2-20-10-17-19-14(20)11-4-3-5-13(8-11)18-15(21)12-6-7-16-9-12;;/h3-5,8,10,12,16H,2,6-7,9H2,1H3,(H,18,21);2*1H. The average Bonchev–Trinajstić information content (AvgIpc) is 3.18. The Balaban J connectivity index is 0.00000132. The SMILES string of the molecule is CCn1cnnc1-c1cccc(NC(=O)C2CCNC2)c1.Cl.Cl. The maximum Gasteiger partial charge on any atom is 0.228 e. The Bertz CT molecular complexity index is 640. The van der Waals surface area contributed by atoms with Gasteiger partial charge in [-0.05, 0) is 32.0 Å². The van der Waals surface area contributed by atoms with Crippen molar-refractivity contribution < 1.29 is 4.79 Å². The molecule has 23 heavy (non-hydrogen) atoms. The number of amides is 1. The summed E-state index contributed by atoms with van der Waals surface area (Å²) in [6, 6.07) is 7.74. The smallest absolute Gasteiger partial charge is 0.228 e. The van der Waals surface area contributed by atoms with Gasteiger partial charge in [0, 0.05) is 24.3 Å². The van der Waals surface area contributed by atoms with Gasteiger partial charge in [-0.25, -0.2) is 0 Å². The van der Waals surface area contributed by atoms with E-state index in [1.807, 2.05) is 35.8 Å². The number of nitrogens with one attached hydrogen (secondary N) is 2. The Morgan fingerprint density at radius 3 is 2.96 bits per heavy atom. The van der Waals surface area contributed by atoms with Gasteiger partial charge in [-0.3, -0.25) is 4.79 Å². The molecule has 1 amide bonds. The number of hydrogen-bond donors (Lipinski definition) is 2. The second-order valence-electron chi connectivity index (χ2n) is 5.20. The fraction of sp³-hybridized carbons (Fsp3) is 0.400. The predicted octanol–water partition coefficient (Wildman–Crippen LogP) is 2.36. The Morgan fingerprint density at radius 1 is 1.43 bits per heavy atom. The summed E-state index contributed by atoms with van der Waals surface area (Å²) in [5, 5.41) is 14.3. The molecule has 126 valence electrons. The van der Waals surface area contributed by atoms with Crippen molar-refractivity contribution in [2.75, 3.05) is 18.4 Å². The molecule has 3 rings (SSSR count). The lowest BCUT2D eigenvalue weighted by Gasteiger charge is -2.11. The van der Waals surface area contributed by atoms with Crippen LogP contribution in [-0.2, 0) is 11.3 Å². The summed E-state index contributed by atoms with van der Waals surface area (Å²) in [7, 11) is 0. The lowest BCUT2D eigenvalue weighted by molar-refractivity contribution is -0.119. The number of benzene rings is 1. The third kappa shape index (κ3) is 4.43. The Morgan fingerprint density at radius 2 is 2.26 bits per heavy atom. The minimum Gasteiger partial charge on any atom is -0.326 e. The molecular formula is C15H21Cl2N5O. The summed E-state index contributed by atoms with van der Waals surface area (Å²) < 4.78 is 1.97. The molecule has 1 saturated heterocycles. The van der Waals surface area contributed by atoms with Crippen molar-refractivity contribution in [3.8, 4) is 11.4 Å². The third-order valence-electron chi connectivity index (χ3n) is 3.78. The normalized spacial score (nSPS) is 16.3. The number of carbonyl (C=O) groups is 1. The molecular weight excluding hydrogens is 337 g/mol. The molecule has 1 aliphatic rings. The van der Waals surface area contributed by atoms with E-state index in [1.165, 1.54) is 0 Å². The Labute approximate surface area is 147 Å². The topological polar surface area (TPSA) is 71.8 Å². The van der Waals surface area contributed by atoms with Crippen molar-refractivity contribution >= 4 is 36.4 Å². The largest absolute Gasteiger partial charge is 0.326 e. The van der Waals surface area contributed by atoms with Gasteiger partial charge >= 0.3 is 0 Å². The van der Waals surface area contributed by atoms with E-state index in [0.29, 0.717) is 0 Å². The summed E-state index contributed by atoms with van der Waals surface area (Å²) >= 11 is 0. The van der Waals surface area contributed by atoms with Gasteiger partial charge in [-0.15, -0.1) is 35.0 Å². The zero-order chi connectivity index (χ0) is 14.7. The number of carbonyl (C=O) groups excluding carboxylic acids is 1. The van der Waals surface area contributed by atoms with Crippen molar-refractivity contribution in [3.63, 3.8) is 0 Å². The highest BCUT2D eigenvalue weighted by Crippen LogP contribution is 2.21. The minimum atomic E-state index is 0. The highest BCUT2D eigenvalue weighted by atomic mass is 35.5. The molecule has 1 aliphatic heterocycles. The number of nitrogens with zero attached hydrogens (tertiary/aromatic N) is 3. The van der Waals surface area contributed by atoms with Crippen molar-refractivity contribution in [3.05, 3.63) is 30.6 Å². The summed E-state index contributed by atoms with van der Waals surface area (Å²) in [6.45, 7) is 4.53. The average molecular weight is 358 g/mol. The van der Waals surface area contributed by atoms with Gasteiger partial charge in [-0.2, -0.15) is 0 Å². The quantitative estimate of drug-likeness (QED) is 0.880. The maximum absolute atomic E-state index is 12.2. The van der Waals surface area contributed by atoms with Crippen LogP contribution in [0.2, 0.25) is 0 Å². The van der Waals surface area contributed by atoms with Crippen LogP contribution in [0.5, 0.6) is 0 Å². The van der Waals surface area contributed by atoms with E-state index >= 15 is 0 Å². The van der Waals surface area contributed by atoms with E-state index in [9.17, 15) is 4.79 Å². The first kappa shape index (κ1) is 19.4. The second kappa shape index (κ2) is 8.86. The first-order chi connectivity index (χ1) is 10.3. The Kier molecular flexibility index (Phi) is 7.48. The molecule has 1 fully saturated rings. The molecule has 8 heteroatoms. The van der Waals surface area contributed by atoms with E-state index in [0.717, 1.165) is 43.1 Å². The van der Waals surface area contributed by atoms with Crippen LogP contribution in [0.15, 0.2) is 30.6 Å². The van der Waals surface area contributed by atoms with Crippen molar-refractivity contribution in [1.29, 1.82) is 0 Å². The summed E-state index contributed by atoms with van der Waals surface area (Å²) in [5.74, 6) is 0.957. The fourth-order valence-electron chi connectivity index (χ4n) is 2.57. The monoisotopic (exact) mass is 357 g/mol. The third-order valence-corrected chi connectivity index (χ3v) is 3.78. The van der Waals surface area contributed by atoms with Gasteiger partial charge in [0.05, 0.1) is 5.92 Å². The number of rotatable bonds is 4. The van der Waals surface area contributed by atoms with E-state index in [1.54, 1.807) is 6.33 Å². The van der Waals surface area contributed by atoms with E-state index < -0.39 is 0 Å². The zero-order valence-electron chi connectivity index (χ0n) is 12.9. The number of anilines is 1. The molecule has 1 aromatic heterocycles. The van der Waals surface area contributed by atoms with Gasteiger partial charge < -0.3 is 15.2 Å². The Hall–Kier alpha value is -1.63. The second-order valence-corrected chi connectivity index (χ2v) is 5.20. The molecule has 2 N–H and O–H groups in total. The van der Waals surface area contributed by atoms with Crippen molar-refractivity contribution in [2.45, 2.75) is 19.9 Å². The number of aromatic nitrogens is 3. The van der Waals surface area contributed by atoms with E-state index in [-0.39, 0.29) is 36.6 Å². The van der Waals surface area contributed by atoms with Crippen LogP contribution >= 0.6 is 24.8 Å². The van der Waals surface area contributed by atoms with Crippen LogP contribution in [0.4, 0.5) is 5.69 Å². The molecule has 2 aromatic rings. The van der Waals surface area contributed by atoms with Crippen LogP contribution in [0.25, 0.3) is 11.4 Å².